The molecule has 0 fully saturated rings. The van der Waals surface area contributed by atoms with Gasteiger partial charge in [-0.3, -0.25) is 9.59 Å². The fraction of sp³-hybridized carbons (Fsp3) is 0.300. The summed E-state index contributed by atoms with van der Waals surface area (Å²) in [6.07, 6.45) is 3.05. The lowest BCUT2D eigenvalue weighted by atomic mass is 10.2. The monoisotopic (exact) mass is 238 g/mol. The van der Waals surface area contributed by atoms with Crippen molar-refractivity contribution in [2.24, 2.45) is 10.9 Å². The molecule has 1 rings (SSSR count). The van der Waals surface area contributed by atoms with Gasteiger partial charge in [-0.25, -0.2) is 0 Å². The van der Waals surface area contributed by atoms with E-state index in [1.165, 1.54) is 23.4 Å². The van der Waals surface area contributed by atoms with Crippen molar-refractivity contribution >= 4 is 11.7 Å². The molecular formula is C10H14N4O3. The van der Waals surface area contributed by atoms with Crippen molar-refractivity contribution in [3.63, 3.8) is 0 Å². The fourth-order valence-electron chi connectivity index (χ4n) is 1.22. The zero-order valence-corrected chi connectivity index (χ0v) is 9.38. The van der Waals surface area contributed by atoms with E-state index >= 15 is 0 Å². The van der Waals surface area contributed by atoms with Gasteiger partial charge in [0.2, 0.25) is 0 Å². The van der Waals surface area contributed by atoms with Crippen LogP contribution in [0.4, 0.5) is 0 Å². The summed E-state index contributed by atoms with van der Waals surface area (Å²) in [6.45, 7) is 0.267. The molecule has 0 atom stereocenters. The van der Waals surface area contributed by atoms with E-state index in [-0.39, 0.29) is 29.8 Å². The van der Waals surface area contributed by atoms with Crippen LogP contribution in [0.5, 0.6) is 0 Å². The Kier molecular flexibility index (Phi) is 4.27. The molecule has 0 unspecified atom stereocenters. The van der Waals surface area contributed by atoms with E-state index < -0.39 is 5.91 Å². The molecule has 1 aromatic heterocycles. The number of carbonyl (C=O) groups excluding carboxylic acids is 1. The predicted octanol–water partition coefficient (Wildman–Crippen LogP) is -0.417. The second kappa shape index (κ2) is 5.69. The molecule has 1 heterocycles. The van der Waals surface area contributed by atoms with Crippen LogP contribution in [0.15, 0.2) is 28.4 Å². The molecule has 0 radical (unpaired) electrons. The quantitative estimate of drug-likeness (QED) is 0.286. The molecule has 7 nitrogen and oxygen atoms in total. The molecule has 0 aromatic carbocycles. The summed E-state index contributed by atoms with van der Waals surface area (Å²) in [5, 5.41) is 11.2. The first-order valence-electron chi connectivity index (χ1n) is 4.95. The van der Waals surface area contributed by atoms with Crippen molar-refractivity contribution in [2.45, 2.75) is 6.42 Å². The summed E-state index contributed by atoms with van der Waals surface area (Å²) < 4.78 is 0. The van der Waals surface area contributed by atoms with Gasteiger partial charge in [0.05, 0.1) is 0 Å². The van der Waals surface area contributed by atoms with Crippen LogP contribution in [0.3, 0.4) is 0 Å². The lowest BCUT2D eigenvalue weighted by molar-refractivity contribution is 0.0797. The van der Waals surface area contributed by atoms with Crippen molar-refractivity contribution in [3.05, 3.63) is 34.2 Å². The molecule has 0 spiro atoms. The zero-order chi connectivity index (χ0) is 12.8. The van der Waals surface area contributed by atoms with Gasteiger partial charge in [-0.2, -0.15) is 0 Å². The summed E-state index contributed by atoms with van der Waals surface area (Å²) in [4.78, 5) is 27.2. The van der Waals surface area contributed by atoms with Gasteiger partial charge >= 0.3 is 0 Å². The second-order valence-corrected chi connectivity index (χ2v) is 3.49. The Morgan fingerprint density at radius 2 is 2.35 bits per heavy atom. The number of carbonyl (C=O) groups is 1. The molecule has 17 heavy (non-hydrogen) atoms. The van der Waals surface area contributed by atoms with Gasteiger partial charge in [0.1, 0.15) is 11.4 Å². The number of pyridine rings is 1. The van der Waals surface area contributed by atoms with Crippen LogP contribution in [-0.2, 0) is 0 Å². The Bertz CT molecular complexity index is 480. The maximum absolute atomic E-state index is 11.8. The third-order valence-electron chi connectivity index (χ3n) is 2.23. The van der Waals surface area contributed by atoms with Crippen LogP contribution in [0.2, 0.25) is 0 Å². The summed E-state index contributed by atoms with van der Waals surface area (Å²) in [6, 6.07) is 1.28. The first-order chi connectivity index (χ1) is 8.06. The Morgan fingerprint density at radius 3 is 2.94 bits per heavy atom. The van der Waals surface area contributed by atoms with Crippen LogP contribution >= 0.6 is 0 Å². The van der Waals surface area contributed by atoms with Crippen molar-refractivity contribution in [1.29, 1.82) is 0 Å². The Hall–Kier alpha value is -2.31. The number of aromatic nitrogens is 1. The van der Waals surface area contributed by atoms with Gasteiger partial charge in [0.25, 0.3) is 5.91 Å². The van der Waals surface area contributed by atoms with E-state index in [0.29, 0.717) is 0 Å². The van der Waals surface area contributed by atoms with Crippen molar-refractivity contribution in [1.82, 2.24) is 9.88 Å². The summed E-state index contributed by atoms with van der Waals surface area (Å²) >= 11 is 0. The van der Waals surface area contributed by atoms with E-state index in [9.17, 15) is 9.59 Å². The number of nitrogens with one attached hydrogen (secondary N) is 1. The lowest BCUT2D eigenvalue weighted by Gasteiger charge is -2.15. The lowest BCUT2D eigenvalue weighted by Crippen LogP contribution is -2.33. The zero-order valence-electron chi connectivity index (χ0n) is 9.38. The number of H-pyrrole nitrogens is 1. The normalized spacial score (nSPS) is 11.2. The van der Waals surface area contributed by atoms with Gasteiger partial charge in [-0.05, 0) is 0 Å². The standard InChI is InChI=1S/C10H14N4O3/c1-14(5-3-9(11)13-17)10(16)7-6-12-4-2-8(7)15/h2,4,6,17H,3,5H2,1H3,(H2,11,13)(H,12,15). The van der Waals surface area contributed by atoms with Gasteiger partial charge in [0, 0.05) is 38.5 Å². The number of amides is 1. The smallest absolute Gasteiger partial charge is 0.259 e. The van der Waals surface area contributed by atoms with Crippen molar-refractivity contribution in [2.75, 3.05) is 13.6 Å². The maximum atomic E-state index is 11.8. The highest BCUT2D eigenvalue weighted by atomic mass is 16.4. The van der Waals surface area contributed by atoms with Crippen LogP contribution in [0, 0.1) is 0 Å². The fourth-order valence-corrected chi connectivity index (χ4v) is 1.22. The maximum Gasteiger partial charge on any atom is 0.259 e. The predicted molar refractivity (Wildman–Crippen MR) is 62.0 cm³/mol. The van der Waals surface area contributed by atoms with Crippen LogP contribution in [0.1, 0.15) is 16.8 Å². The Morgan fingerprint density at radius 1 is 1.65 bits per heavy atom. The Labute approximate surface area is 97.5 Å². The first kappa shape index (κ1) is 12.8. The van der Waals surface area contributed by atoms with Gasteiger partial charge < -0.3 is 20.8 Å². The SMILES string of the molecule is CN(CC/C(N)=N/O)C(=O)c1c[nH]ccc1=O. The number of amidine groups is 1. The summed E-state index contributed by atoms with van der Waals surface area (Å²) in [5.41, 5.74) is 5.01. The molecule has 0 aliphatic carbocycles. The molecule has 0 bridgehead atoms. The molecule has 92 valence electrons. The topological polar surface area (TPSA) is 112 Å². The number of aromatic amines is 1. The van der Waals surface area contributed by atoms with Crippen LogP contribution < -0.4 is 11.2 Å². The second-order valence-electron chi connectivity index (χ2n) is 3.49. The minimum atomic E-state index is -0.405. The average molecular weight is 238 g/mol. The van der Waals surface area contributed by atoms with Gasteiger partial charge in [0.15, 0.2) is 5.43 Å². The third-order valence-corrected chi connectivity index (χ3v) is 2.23. The number of hydrogen-bond acceptors (Lipinski definition) is 4. The van der Waals surface area contributed by atoms with Crippen molar-refractivity contribution < 1.29 is 10.0 Å². The largest absolute Gasteiger partial charge is 0.409 e. The highest BCUT2D eigenvalue weighted by Crippen LogP contribution is 1.97. The Balaban J connectivity index is 2.71. The first-order valence-corrected chi connectivity index (χ1v) is 4.95. The molecule has 1 amide bonds. The van der Waals surface area contributed by atoms with E-state index in [0.717, 1.165) is 0 Å². The molecule has 0 aliphatic heterocycles. The number of rotatable bonds is 4. The molecule has 0 aliphatic rings. The highest BCUT2D eigenvalue weighted by Gasteiger charge is 2.14. The van der Waals surface area contributed by atoms with Gasteiger partial charge in [-0.15, -0.1) is 0 Å². The van der Waals surface area contributed by atoms with Gasteiger partial charge in [-0.1, -0.05) is 5.16 Å². The molecular weight excluding hydrogens is 224 g/mol. The van der Waals surface area contributed by atoms with E-state index in [1.807, 2.05) is 0 Å². The van der Waals surface area contributed by atoms with E-state index in [4.69, 9.17) is 10.9 Å². The van der Waals surface area contributed by atoms with Crippen molar-refractivity contribution in [3.8, 4) is 0 Å². The summed E-state index contributed by atoms with van der Waals surface area (Å²) in [7, 11) is 1.54. The average Bonchev–Trinajstić information content (AvgIpc) is 2.35. The molecule has 7 heteroatoms. The molecule has 4 N–H and O–H groups in total. The molecule has 1 aromatic rings. The van der Waals surface area contributed by atoms with Crippen LogP contribution in [0.25, 0.3) is 0 Å². The highest BCUT2D eigenvalue weighted by molar-refractivity contribution is 5.93. The molecule has 0 saturated heterocycles. The van der Waals surface area contributed by atoms with Crippen LogP contribution in [-0.4, -0.2) is 40.4 Å². The number of nitrogens with two attached hydrogens (primary N) is 1. The number of nitrogens with zero attached hydrogens (tertiary/aromatic N) is 2. The number of hydrogen-bond donors (Lipinski definition) is 3. The third kappa shape index (κ3) is 3.33. The molecule has 0 saturated carbocycles. The minimum absolute atomic E-state index is 0.0339. The minimum Gasteiger partial charge on any atom is -0.409 e. The van der Waals surface area contributed by atoms with E-state index in [2.05, 4.69) is 10.1 Å². The number of oxime groups is 1. The van der Waals surface area contributed by atoms with E-state index in [1.54, 1.807) is 7.05 Å². The summed E-state index contributed by atoms with van der Waals surface area (Å²) in [5.74, 6) is -0.371.